The maximum absolute atomic E-state index is 12.0. The molecule has 0 radical (unpaired) electrons. The highest BCUT2D eigenvalue weighted by Gasteiger charge is 2.11. The number of hydrogen-bond acceptors (Lipinski definition) is 6. The molecule has 0 bridgehead atoms. The fourth-order valence-electron chi connectivity index (χ4n) is 2.90. The number of carbonyl (C=O) groups excluding carboxylic acids is 1. The van der Waals surface area contributed by atoms with Crippen LogP contribution in [0.25, 0.3) is 10.9 Å². The zero-order valence-corrected chi connectivity index (χ0v) is 17.2. The molecule has 0 spiro atoms. The van der Waals surface area contributed by atoms with Crippen molar-refractivity contribution in [3.8, 4) is 11.5 Å². The van der Waals surface area contributed by atoms with Gasteiger partial charge in [-0.3, -0.25) is 4.79 Å². The molecule has 29 heavy (non-hydrogen) atoms. The molecule has 1 heterocycles. The van der Waals surface area contributed by atoms with Crippen LogP contribution in [0.2, 0.25) is 0 Å². The van der Waals surface area contributed by atoms with E-state index in [1.807, 2.05) is 36.4 Å². The van der Waals surface area contributed by atoms with Gasteiger partial charge in [-0.15, -0.1) is 0 Å². The van der Waals surface area contributed by atoms with E-state index in [0.29, 0.717) is 29.7 Å². The van der Waals surface area contributed by atoms with Crippen molar-refractivity contribution in [1.82, 2.24) is 9.97 Å². The van der Waals surface area contributed by atoms with Crippen LogP contribution >= 0.6 is 0 Å². The Labute approximate surface area is 170 Å². The largest absolute Gasteiger partial charge is 0.493 e. The van der Waals surface area contributed by atoms with Crippen LogP contribution in [0, 0.1) is 5.92 Å². The van der Waals surface area contributed by atoms with Crippen LogP contribution < -0.4 is 20.1 Å². The van der Waals surface area contributed by atoms with Crippen LogP contribution in [0.5, 0.6) is 11.5 Å². The fourth-order valence-corrected chi connectivity index (χ4v) is 2.90. The molecule has 1 amide bonds. The lowest BCUT2D eigenvalue weighted by atomic mass is 10.1. The molecule has 0 aliphatic carbocycles. The third-order valence-electron chi connectivity index (χ3n) is 4.52. The second-order valence-electron chi connectivity index (χ2n) is 7.13. The van der Waals surface area contributed by atoms with Gasteiger partial charge in [0.05, 0.1) is 19.7 Å². The quantitative estimate of drug-likeness (QED) is 0.573. The maximum atomic E-state index is 12.0. The Balaban J connectivity index is 1.76. The van der Waals surface area contributed by atoms with Gasteiger partial charge in [-0.05, 0) is 42.7 Å². The van der Waals surface area contributed by atoms with Crippen molar-refractivity contribution < 1.29 is 14.3 Å². The van der Waals surface area contributed by atoms with E-state index < -0.39 is 0 Å². The van der Waals surface area contributed by atoms with E-state index in [0.717, 1.165) is 28.7 Å². The molecule has 0 atom stereocenters. The molecule has 0 unspecified atom stereocenters. The highest BCUT2D eigenvalue weighted by Crippen LogP contribution is 2.34. The number of benzene rings is 2. The van der Waals surface area contributed by atoms with Gasteiger partial charge >= 0.3 is 0 Å². The molecule has 1 aromatic heterocycles. The third-order valence-corrected chi connectivity index (χ3v) is 4.52. The lowest BCUT2D eigenvalue weighted by Gasteiger charge is -2.12. The van der Waals surface area contributed by atoms with Crippen molar-refractivity contribution in [2.75, 3.05) is 24.9 Å². The SMILES string of the molecule is COc1cc2ncnc(Nc3ccc(NC(=O)CCC(C)C)cc3)c2cc1OC. The molecule has 3 aromatic rings. The van der Waals surface area contributed by atoms with Crippen LogP contribution in [0.15, 0.2) is 42.7 Å². The lowest BCUT2D eigenvalue weighted by molar-refractivity contribution is -0.116. The highest BCUT2D eigenvalue weighted by atomic mass is 16.5. The zero-order valence-electron chi connectivity index (χ0n) is 17.2. The summed E-state index contributed by atoms with van der Waals surface area (Å²) >= 11 is 0. The van der Waals surface area contributed by atoms with Gasteiger partial charge in [-0.1, -0.05) is 13.8 Å². The number of aromatic nitrogens is 2. The summed E-state index contributed by atoms with van der Waals surface area (Å²) in [5.41, 5.74) is 2.36. The Morgan fingerprint density at radius 1 is 1.00 bits per heavy atom. The molecule has 0 aliphatic rings. The zero-order chi connectivity index (χ0) is 20.8. The first-order chi connectivity index (χ1) is 14.0. The van der Waals surface area contributed by atoms with Gasteiger partial charge in [0.1, 0.15) is 12.1 Å². The number of fused-ring (bicyclic) bond motifs is 1. The van der Waals surface area contributed by atoms with Crippen molar-refractivity contribution in [2.24, 2.45) is 5.92 Å². The molecule has 0 saturated heterocycles. The molecule has 0 saturated carbocycles. The first-order valence-electron chi connectivity index (χ1n) is 9.54. The van der Waals surface area contributed by atoms with E-state index in [1.165, 1.54) is 6.33 Å². The summed E-state index contributed by atoms with van der Waals surface area (Å²) in [6, 6.07) is 11.2. The normalized spacial score (nSPS) is 10.8. The molecule has 7 heteroatoms. The van der Waals surface area contributed by atoms with Gasteiger partial charge in [0, 0.05) is 29.2 Å². The Kier molecular flexibility index (Phi) is 6.49. The van der Waals surface area contributed by atoms with Crippen LogP contribution in [0.3, 0.4) is 0 Å². The minimum atomic E-state index is 0.0299. The number of ether oxygens (including phenoxy) is 2. The minimum Gasteiger partial charge on any atom is -0.493 e. The number of methoxy groups -OCH3 is 2. The van der Waals surface area contributed by atoms with Crippen LogP contribution in [0.4, 0.5) is 17.2 Å². The summed E-state index contributed by atoms with van der Waals surface area (Å²) in [4.78, 5) is 20.7. The van der Waals surface area contributed by atoms with Gasteiger partial charge in [-0.25, -0.2) is 9.97 Å². The summed E-state index contributed by atoms with van der Waals surface area (Å²) in [5.74, 6) is 2.42. The first-order valence-corrected chi connectivity index (χ1v) is 9.54. The summed E-state index contributed by atoms with van der Waals surface area (Å²) < 4.78 is 10.7. The van der Waals surface area contributed by atoms with Crippen molar-refractivity contribution in [1.29, 1.82) is 0 Å². The number of nitrogens with one attached hydrogen (secondary N) is 2. The predicted molar refractivity (Wildman–Crippen MR) is 115 cm³/mol. The average Bonchev–Trinajstić information content (AvgIpc) is 2.73. The monoisotopic (exact) mass is 394 g/mol. The summed E-state index contributed by atoms with van der Waals surface area (Å²) in [6.45, 7) is 4.21. The molecule has 2 N–H and O–H groups in total. The average molecular weight is 394 g/mol. The molecule has 0 aliphatic heterocycles. The van der Waals surface area contributed by atoms with E-state index >= 15 is 0 Å². The maximum Gasteiger partial charge on any atom is 0.224 e. The minimum absolute atomic E-state index is 0.0299. The van der Waals surface area contributed by atoms with Gasteiger partial charge in [0.15, 0.2) is 11.5 Å². The van der Waals surface area contributed by atoms with Gasteiger partial charge < -0.3 is 20.1 Å². The van der Waals surface area contributed by atoms with E-state index in [2.05, 4.69) is 34.4 Å². The van der Waals surface area contributed by atoms with Crippen molar-refractivity contribution in [3.05, 3.63) is 42.7 Å². The molecule has 2 aromatic carbocycles. The van der Waals surface area contributed by atoms with Gasteiger partial charge in [0.25, 0.3) is 0 Å². The van der Waals surface area contributed by atoms with E-state index in [1.54, 1.807) is 14.2 Å². The molecular weight excluding hydrogens is 368 g/mol. The Morgan fingerprint density at radius 2 is 1.66 bits per heavy atom. The number of nitrogens with zero attached hydrogens (tertiary/aromatic N) is 2. The number of anilines is 3. The summed E-state index contributed by atoms with van der Waals surface area (Å²) in [5, 5.41) is 7.04. The predicted octanol–water partition coefficient (Wildman–Crippen LogP) is 4.77. The molecule has 152 valence electrons. The highest BCUT2D eigenvalue weighted by molar-refractivity contribution is 5.93. The fraction of sp³-hybridized carbons (Fsp3) is 0.318. The molecule has 7 nitrogen and oxygen atoms in total. The van der Waals surface area contributed by atoms with Gasteiger partial charge in [0.2, 0.25) is 5.91 Å². The Morgan fingerprint density at radius 3 is 2.31 bits per heavy atom. The van der Waals surface area contributed by atoms with E-state index in [4.69, 9.17) is 9.47 Å². The van der Waals surface area contributed by atoms with E-state index in [9.17, 15) is 4.79 Å². The number of hydrogen-bond donors (Lipinski definition) is 2. The Hall–Kier alpha value is -3.35. The lowest BCUT2D eigenvalue weighted by Crippen LogP contribution is -2.12. The number of amides is 1. The first kappa shape index (κ1) is 20.4. The van der Waals surface area contributed by atoms with Crippen molar-refractivity contribution in [3.63, 3.8) is 0 Å². The summed E-state index contributed by atoms with van der Waals surface area (Å²) in [7, 11) is 3.18. The second kappa shape index (κ2) is 9.23. The number of rotatable bonds is 8. The number of carbonyl (C=O) groups is 1. The van der Waals surface area contributed by atoms with Crippen LogP contribution in [-0.2, 0) is 4.79 Å². The molecule has 0 fully saturated rings. The van der Waals surface area contributed by atoms with Crippen LogP contribution in [-0.4, -0.2) is 30.1 Å². The smallest absolute Gasteiger partial charge is 0.224 e. The van der Waals surface area contributed by atoms with Crippen molar-refractivity contribution >= 4 is 34.0 Å². The Bertz CT molecular complexity index is 987. The standard InChI is InChI=1S/C22H26N4O3/c1-14(2)5-10-21(27)25-15-6-8-16(9-7-15)26-22-17-11-19(28-3)20(29-4)12-18(17)23-13-24-22/h6-9,11-14H,5,10H2,1-4H3,(H,25,27)(H,23,24,26). The topological polar surface area (TPSA) is 85.4 Å². The summed E-state index contributed by atoms with van der Waals surface area (Å²) in [6.07, 6.45) is 2.90. The van der Waals surface area contributed by atoms with E-state index in [-0.39, 0.29) is 5.91 Å². The van der Waals surface area contributed by atoms with Crippen molar-refractivity contribution in [2.45, 2.75) is 26.7 Å². The molecule has 3 rings (SSSR count). The second-order valence-corrected chi connectivity index (χ2v) is 7.13. The molecular formula is C22H26N4O3. The third kappa shape index (κ3) is 5.13. The van der Waals surface area contributed by atoms with Gasteiger partial charge in [-0.2, -0.15) is 0 Å². The van der Waals surface area contributed by atoms with Crippen LogP contribution in [0.1, 0.15) is 26.7 Å².